The SMILES string of the molecule is CC(C)C1=CC2=CCC3C(C(C)CCC3(C)C(=O)[O-])C2CC1.[Na+]. The normalized spacial score (nSPS) is 39.5. The van der Waals surface area contributed by atoms with Crippen molar-refractivity contribution in [1.29, 1.82) is 0 Å². The average Bonchev–Trinajstić information content (AvgIpc) is 2.49. The molecule has 0 N–H and O–H groups in total. The van der Waals surface area contributed by atoms with Crippen LogP contribution in [0.1, 0.15) is 59.8 Å². The molecule has 1 saturated carbocycles. The van der Waals surface area contributed by atoms with Crippen molar-refractivity contribution in [2.45, 2.75) is 59.8 Å². The standard InChI is InChI=1S/C20H30O2.Na/c1-12(2)14-5-7-16-15(11-14)6-8-17-18(16)13(3)9-10-20(17,4)19(21)22;/h6,11-13,16-18H,5,7-10H2,1-4H3,(H,21,22);/q;+1/p-1. The second kappa shape index (κ2) is 7.06. The Bertz CT molecular complexity index is 534. The van der Waals surface area contributed by atoms with Crippen molar-refractivity contribution >= 4 is 5.97 Å². The van der Waals surface area contributed by atoms with E-state index < -0.39 is 11.4 Å². The van der Waals surface area contributed by atoms with Crippen LogP contribution in [0.5, 0.6) is 0 Å². The molecule has 0 aliphatic heterocycles. The van der Waals surface area contributed by atoms with E-state index in [0.29, 0.717) is 23.7 Å². The van der Waals surface area contributed by atoms with Crippen molar-refractivity contribution in [2.24, 2.45) is 35.0 Å². The van der Waals surface area contributed by atoms with Crippen LogP contribution in [-0.2, 0) is 4.79 Å². The fourth-order valence-electron chi connectivity index (χ4n) is 5.30. The van der Waals surface area contributed by atoms with E-state index in [2.05, 4.69) is 32.9 Å². The first-order chi connectivity index (χ1) is 10.3. The Balaban J connectivity index is 0.00000192. The summed E-state index contributed by atoms with van der Waals surface area (Å²) in [6, 6.07) is 0. The molecular weight excluding hydrogens is 295 g/mol. The zero-order chi connectivity index (χ0) is 16.1. The molecule has 0 spiro atoms. The summed E-state index contributed by atoms with van der Waals surface area (Å²) >= 11 is 0. The first kappa shape index (κ1) is 19.3. The molecule has 3 heteroatoms. The number of rotatable bonds is 2. The van der Waals surface area contributed by atoms with E-state index in [0.717, 1.165) is 19.3 Å². The molecule has 0 aromatic carbocycles. The summed E-state index contributed by atoms with van der Waals surface area (Å²) < 4.78 is 0. The Morgan fingerprint density at radius 3 is 2.65 bits per heavy atom. The second-order valence-electron chi connectivity index (χ2n) is 8.36. The van der Waals surface area contributed by atoms with Crippen molar-refractivity contribution < 1.29 is 39.5 Å². The van der Waals surface area contributed by atoms with Crippen molar-refractivity contribution in [3.05, 3.63) is 23.3 Å². The minimum atomic E-state index is -0.833. The van der Waals surface area contributed by atoms with E-state index in [1.165, 1.54) is 18.4 Å². The summed E-state index contributed by atoms with van der Waals surface area (Å²) in [6.07, 6.45) is 9.85. The molecular formula is C20H29NaO2. The molecule has 0 bridgehead atoms. The van der Waals surface area contributed by atoms with E-state index in [4.69, 9.17) is 0 Å². The van der Waals surface area contributed by atoms with Crippen molar-refractivity contribution in [2.75, 3.05) is 0 Å². The van der Waals surface area contributed by atoms with Gasteiger partial charge in [-0.3, -0.25) is 0 Å². The van der Waals surface area contributed by atoms with Crippen molar-refractivity contribution in [3.8, 4) is 0 Å². The van der Waals surface area contributed by atoms with Gasteiger partial charge in [-0.1, -0.05) is 45.4 Å². The Morgan fingerprint density at radius 2 is 2.04 bits per heavy atom. The van der Waals surface area contributed by atoms with Crippen molar-refractivity contribution in [3.63, 3.8) is 0 Å². The molecule has 5 atom stereocenters. The molecule has 0 aromatic rings. The van der Waals surface area contributed by atoms with Gasteiger partial charge in [-0.05, 0) is 67.3 Å². The van der Waals surface area contributed by atoms with Gasteiger partial charge in [0, 0.05) is 11.4 Å². The Labute approximate surface area is 163 Å². The smallest absolute Gasteiger partial charge is 0.550 e. The van der Waals surface area contributed by atoms with Gasteiger partial charge < -0.3 is 9.90 Å². The number of fused-ring (bicyclic) bond motifs is 3. The Morgan fingerprint density at radius 1 is 1.35 bits per heavy atom. The van der Waals surface area contributed by atoms with Gasteiger partial charge in [-0.15, -0.1) is 0 Å². The van der Waals surface area contributed by atoms with E-state index in [9.17, 15) is 9.90 Å². The summed E-state index contributed by atoms with van der Waals surface area (Å²) in [5, 5.41) is 11.8. The topological polar surface area (TPSA) is 40.1 Å². The second-order valence-corrected chi connectivity index (χ2v) is 8.36. The largest absolute Gasteiger partial charge is 1.00 e. The Hall–Kier alpha value is -0.0500. The Kier molecular flexibility index (Phi) is 5.91. The molecule has 3 aliphatic rings. The first-order valence-electron chi connectivity index (χ1n) is 8.96. The zero-order valence-corrected chi connectivity index (χ0v) is 17.4. The van der Waals surface area contributed by atoms with Gasteiger partial charge in [0.15, 0.2) is 0 Å². The zero-order valence-electron chi connectivity index (χ0n) is 15.4. The third-order valence-corrected chi connectivity index (χ3v) is 6.86. The molecule has 0 heterocycles. The molecule has 122 valence electrons. The fraction of sp³-hybridized carbons (Fsp3) is 0.750. The summed E-state index contributed by atoms with van der Waals surface area (Å²) in [5.41, 5.74) is 2.42. The number of aliphatic carboxylic acids is 1. The van der Waals surface area contributed by atoms with Gasteiger partial charge in [-0.2, -0.15) is 0 Å². The van der Waals surface area contributed by atoms with Gasteiger partial charge in [-0.25, -0.2) is 0 Å². The summed E-state index contributed by atoms with van der Waals surface area (Å²) in [7, 11) is 0. The van der Waals surface area contributed by atoms with E-state index in [-0.39, 0.29) is 35.5 Å². The van der Waals surface area contributed by atoms with Crippen LogP contribution in [0.25, 0.3) is 0 Å². The number of hydrogen-bond donors (Lipinski definition) is 0. The molecule has 23 heavy (non-hydrogen) atoms. The molecule has 0 aromatic heterocycles. The van der Waals surface area contributed by atoms with Gasteiger partial charge in [0.1, 0.15) is 0 Å². The fourth-order valence-corrected chi connectivity index (χ4v) is 5.30. The van der Waals surface area contributed by atoms with Crippen LogP contribution < -0.4 is 34.7 Å². The molecule has 0 saturated heterocycles. The summed E-state index contributed by atoms with van der Waals surface area (Å²) in [5.74, 6) is 1.75. The predicted molar refractivity (Wildman–Crippen MR) is 86.8 cm³/mol. The molecule has 0 radical (unpaired) electrons. The van der Waals surface area contributed by atoms with E-state index in [1.807, 2.05) is 6.92 Å². The van der Waals surface area contributed by atoms with Crippen molar-refractivity contribution in [1.82, 2.24) is 0 Å². The predicted octanol–water partition coefficient (Wildman–Crippen LogP) is 0.731. The maximum absolute atomic E-state index is 11.8. The van der Waals surface area contributed by atoms with Gasteiger partial charge in [0.2, 0.25) is 0 Å². The monoisotopic (exact) mass is 324 g/mol. The average molecular weight is 324 g/mol. The molecule has 3 aliphatic carbocycles. The minimum Gasteiger partial charge on any atom is -0.550 e. The molecule has 5 unspecified atom stereocenters. The molecule has 3 rings (SSSR count). The van der Waals surface area contributed by atoms with Gasteiger partial charge in [0.05, 0.1) is 0 Å². The van der Waals surface area contributed by atoms with Gasteiger partial charge >= 0.3 is 29.6 Å². The van der Waals surface area contributed by atoms with Crippen LogP contribution in [0.2, 0.25) is 0 Å². The number of hydrogen-bond acceptors (Lipinski definition) is 2. The third kappa shape index (κ3) is 3.24. The maximum Gasteiger partial charge on any atom is 1.00 e. The number of carbonyl (C=O) groups is 1. The van der Waals surface area contributed by atoms with Crippen LogP contribution >= 0.6 is 0 Å². The minimum absolute atomic E-state index is 0. The molecule has 2 nitrogen and oxygen atoms in total. The molecule has 1 fully saturated rings. The quantitative estimate of drug-likeness (QED) is 0.703. The number of allylic oxidation sites excluding steroid dienone is 4. The van der Waals surface area contributed by atoms with Crippen LogP contribution in [0.3, 0.4) is 0 Å². The van der Waals surface area contributed by atoms with Crippen LogP contribution in [-0.4, -0.2) is 5.97 Å². The van der Waals surface area contributed by atoms with Crippen LogP contribution in [0.4, 0.5) is 0 Å². The summed E-state index contributed by atoms with van der Waals surface area (Å²) in [6.45, 7) is 8.81. The van der Waals surface area contributed by atoms with Gasteiger partial charge in [0.25, 0.3) is 0 Å². The van der Waals surface area contributed by atoms with E-state index >= 15 is 0 Å². The first-order valence-corrected chi connectivity index (χ1v) is 8.96. The van der Waals surface area contributed by atoms with Crippen LogP contribution in [0.15, 0.2) is 23.3 Å². The number of carbonyl (C=O) groups excluding carboxylic acids is 1. The number of carboxylic acids is 1. The maximum atomic E-state index is 11.8. The summed E-state index contributed by atoms with van der Waals surface area (Å²) in [4.78, 5) is 11.8. The van der Waals surface area contributed by atoms with Crippen LogP contribution in [0, 0.1) is 35.0 Å². The number of carboxylic acid groups (broad SMARTS) is 1. The third-order valence-electron chi connectivity index (χ3n) is 6.86. The van der Waals surface area contributed by atoms with E-state index in [1.54, 1.807) is 5.57 Å². The molecule has 0 amide bonds.